The highest BCUT2D eigenvalue weighted by atomic mass is 19.1. The van der Waals surface area contributed by atoms with Crippen LogP contribution >= 0.6 is 0 Å². The monoisotopic (exact) mass is 541 g/mol. The van der Waals surface area contributed by atoms with Gasteiger partial charge in [0.05, 0.1) is 13.2 Å². The van der Waals surface area contributed by atoms with Gasteiger partial charge in [-0.25, -0.2) is 4.39 Å². The fourth-order valence-electron chi connectivity index (χ4n) is 5.20. The SMILES string of the molecule is CC(=O)N1CCN(Cc2cccc(OCCCN3CCCCCC3=O)c2)C[C@](O)(COc2ccc(F)cc2)C1. The number of β-amino-alcohol motifs (C(OH)–C–C–N with tert-alkyl or cyclic N) is 1. The summed E-state index contributed by atoms with van der Waals surface area (Å²) in [6.07, 6.45) is 4.61. The van der Waals surface area contributed by atoms with Crippen molar-refractivity contribution in [1.82, 2.24) is 14.7 Å². The molecule has 2 amide bonds. The quantitative estimate of drug-likeness (QED) is 0.464. The summed E-state index contributed by atoms with van der Waals surface area (Å²) in [6.45, 7) is 5.71. The number of likely N-dealkylation sites (tertiary alicyclic amines) is 1. The molecule has 0 saturated carbocycles. The van der Waals surface area contributed by atoms with Gasteiger partial charge in [-0.15, -0.1) is 0 Å². The van der Waals surface area contributed by atoms with E-state index in [9.17, 15) is 19.1 Å². The van der Waals surface area contributed by atoms with Gasteiger partial charge in [-0.1, -0.05) is 18.6 Å². The summed E-state index contributed by atoms with van der Waals surface area (Å²) in [4.78, 5) is 30.1. The fourth-order valence-corrected chi connectivity index (χ4v) is 5.20. The first-order valence-corrected chi connectivity index (χ1v) is 13.9. The maximum Gasteiger partial charge on any atom is 0.222 e. The lowest BCUT2D eigenvalue weighted by Gasteiger charge is -2.32. The smallest absolute Gasteiger partial charge is 0.222 e. The molecule has 1 N–H and O–H groups in total. The lowest BCUT2D eigenvalue weighted by molar-refractivity contribution is -0.132. The van der Waals surface area contributed by atoms with Crippen LogP contribution in [-0.4, -0.2) is 89.7 Å². The summed E-state index contributed by atoms with van der Waals surface area (Å²) in [6, 6.07) is 13.6. The summed E-state index contributed by atoms with van der Waals surface area (Å²) in [5.41, 5.74) is -0.261. The Morgan fingerprint density at radius 1 is 1.00 bits per heavy atom. The fraction of sp³-hybridized carbons (Fsp3) is 0.533. The molecule has 4 rings (SSSR count). The minimum absolute atomic E-state index is 0.0262. The first-order valence-electron chi connectivity index (χ1n) is 13.9. The number of halogens is 1. The first kappa shape index (κ1) is 28.8. The lowest BCUT2D eigenvalue weighted by atomic mass is 10.0. The lowest BCUT2D eigenvalue weighted by Crippen LogP contribution is -2.51. The van der Waals surface area contributed by atoms with E-state index in [0.717, 1.165) is 50.1 Å². The van der Waals surface area contributed by atoms with Crippen molar-refractivity contribution >= 4 is 11.8 Å². The highest BCUT2D eigenvalue weighted by molar-refractivity contribution is 5.76. The zero-order chi connectivity index (χ0) is 27.7. The van der Waals surface area contributed by atoms with Gasteiger partial charge in [0.15, 0.2) is 0 Å². The second-order valence-corrected chi connectivity index (χ2v) is 10.7. The zero-order valence-corrected chi connectivity index (χ0v) is 22.8. The number of aliphatic hydroxyl groups is 1. The summed E-state index contributed by atoms with van der Waals surface area (Å²) >= 11 is 0. The van der Waals surface area contributed by atoms with Crippen molar-refractivity contribution in [2.45, 2.75) is 51.2 Å². The van der Waals surface area contributed by atoms with Gasteiger partial charge in [-0.3, -0.25) is 14.5 Å². The van der Waals surface area contributed by atoms with Crippen LogP contribution in [0.2, 0.25) is 0 Å². The first-order chi connectivity index (χ1) is 18.8. The zero-order valence-electron chi connectivity index (χ0n) is 22.8. The van der Waals surface area contributed by atoms with Crippen molar-refractivity contribution in [2.24, 2.45) is 0 Å². The standard InChI is InChI=1S/C30H40FN3O5/c1-24(35)34-17-16-32(21-30(37,22-34)23-39-27-12-10-26(31)11-13-27)20-25-7-5-8-28(19-25)38-18-6-15-33-14-4-2-3-9-29(33)36/h5,7-8,10-13,19,37H,2-4,6,9,14-18,20-23H2,1H3/t30-/m1/s1. The van der Waals surface area contributed by atoms with E-state index in [-0.39, 0.29) is 30.8 Å². The number of nitrogens with zero attached hydrogens (tertiary/aromatic N) is 3. The third-order valence-corrected chi connectivity index (χ3v) is 7.27. The highest BCUT2D eigenvalue weighted by Gasteiger charge is 2.37. The Kier molecular flexibility index (Phi) is 10.2. The Balaban J connectivity index is 1.32. The Labute approximate surface area is 230 Å². The van der Waals surface area contributed by atoms with Crippen LogP contribution in [0.1, 0.15) is 44.6 Å². The second-order valence-electron chi connectivity index (χ2n) is 10.7. The van der Waals surface area contributed by atoms with E-state index in [2.05, 4.69) is 4.90 Å². The van der Waals surface area contributed by atoms with Gasteiger partial charge in [-0.2, -0.15) is 0 Å². The molecule has 0 aliphatic carbocycles. The van der Waals surface area contributed by atoms with E-state index in [4.69, 9.17) is 9.47 Å². The van der Waals surface area contributed by atoms with Gasteiger partial charge in [0.1, 0.15) is 29.5 Å². The Morgan fingerprint density at radius 2 is 1.82 bits per heavy atom. The number of ether oxygens (including phenoxy) is 2. The average Bonchev–Trinajstić information content (AvgIpc) is 3.22. The molecule has 9 heteroatoms. The number of carbonyl (C=O) groups is 2. The van der Waals surface area contributed by atoms with E-state index >= 15 is 0 Å². The Bertz CT molecular complexity index is 1100. The Morgan fingerprint density at radius 3 is 2.62 bits per heavy atom. The van der Waals surface area contributed by atoms with Crippen LogP contribution in [0.3, 0.4) is 0 Å². The summed E-state index contributed by atoms with van der Waals surface area (Å²) < 4.78 is 25.0. The Hall–Kier alpha value is -3.17. The van der Waals surface area contributed by atoms with Crippen LogP contribution in [0.15, 0.2) is 48.5 Å². The molecule has 2 aliphatic heterocycles. The van der Waals surface area contributed by atoms with Crippen molar-refractivity contribution in [2.75, 3.05) is 52.5 Å². The molecule has 2 saturated heterocycles. The molecule has 39 heavy (non-hydrogen) atoms. The largest absolute Gasteiger partial charge is 0.494 e. The van der Waals surface area contributed by atoms with Crippen LogP contribution in [0.25, 0.3) is 0 Å². The maximum absolute atomic E-state index is 13.3. The van der Waals surface area contributed by atoms with Crippen molar-refractivity contribution in [3.05, 3.63) is 59.9 Å². The average molecular weight is 542 g/mol. The minimum atomic E-state index is -1.30. The molecule has 2 aromatic rings. The molecule has 212 valence electrons. The molecule has 2 aliphatic rings. The maximum atomic E-state index is 13.3. The number of carbonyl (C=O) groups excluding carboxylic acids is 2. The number of amides is 2. The normalized spacial score (nSPS) is 20.8. The van der Waals surface area contributed by atoms with Crippen LogP contribution in [0.4, 0.5) is 4.39 Å². The molecule has 8 nitrogen and oxygen atoms in total. The molecule has 1 atom stereocenters. The molecule has 2 fully saturated rings. The summed E-state index contributed by atoms with van der Waals surface area (Å²) in [5, 5.41) is 11.5. The van der Waals surface area contributed by atoms with Crippen molar-refractivity contribution in [1.29, 1.82) is 0 Å². The van der Waals surface area contributed by atoms with Gasteiger partial charge in [0, 0.05) is 52.6 Å². The van der Waals surface area contributed by atoms with Crippen LogP contribution < -0.4 is 9.47 Å². The summed E-state index contributed by atoms with van der Waals surface area (Å²) in [7, 11) is 0. The molecule has 0 unspecified atom stereocenters. The molecular weight excluding hydrogens is 501 g/mol. The third-order valence-electron chi connectivity index (χ3n) is 7.27. The number of rotatable bonds is 10. The molecule has 0 bridgehead atoms. The van der Waals surface area contributed by atoms with Gasteiger partial charge in [-0.05, 0) is 61.2 Å². The molecule has 2 aromatic carbocycles. The molecule has 0 radical (unpaired) electrons. The topological polar surface area (TPSA) is 82.6 Å². The van der Waals surface area contributed by atoms with Gasteiger partial charge in [0.2, 0.25) is 11.8 Å². The van der Waals surface area contributed by atoms with Crippen LogP contribution in [-0.2, 0) is 16.1 Å². The predicted octanol–water partition coefficient (Wildman–Crippen LogP) is 3.47. The molecule has 2 heterocycles. The number of hydrogen-bond acceptors (Lipinski definition) is 6. The van der Waals surface area contributed by atoms with Gasteiger partial charge < -0.3 is 24.4 Å². The van der Waals surface area contributed by atoms with Crippen molar-refractivity contribution in [3.63, 3.8) is 0 Å². The minimum Gasteiger partial charge on any atom is -0.494 e. The van der Waals surface area contributed by atoms with E-state index in [1.165, 1.54) is 31.2 Å². The van der Waals surface area contributed by atoms with E-state index in [1.54, 1.807) is 4.90 Å². The van der Waals surface area contributed by atoms with E-state index < -0.39 is 5.60 Å². The molecule has 0 spiro atoms. The van der Waals surface area contributed by atoms with Crippen LogP contribution in [0.5, 0.6) is 11.5 Å². The summed E-state index contributed by atoms with van der Waals surface area (Å²) in [5.74, 6) is 1.01. The molecule has 0 aromatic heterocycles. The van der Waals surface area contributed by atoms with Crippen molar-refractivity contribution in [3.8, 4) is 11.5 Å². The highest BCUT2D eigenvalue weighted by Crippen LogP contribution is 2.22. The number of hydrogen-bond donors (Lipinski definition) is 1. The second kappa shape index (κ2) is 13.8. The molecular formula is C30H40FN3O5. The van der Waals surface area contributed by atoms with Crippen molar-refractivity contribution < 1.29 is 28.6 Å². The van der Waals surface area contributed by atoms with Gasteiger partial charge >= 0.3 is 0 Å². The number of benzene rings is 2. The predicted molar refractivity (Wildman–Crippen MR) is 146 cm³/mol. The van der Waals surface area contributed by atoms with Crippen LogP contribution in [0, 0.1) is 5.82 Å². The van der Waals surface area contributed by atoms with Gasteiger partial charge in [0.25, 0.3) is 0 Å². The third kappa shape index (κ3) is 8.93. The van der Waals surface area contributed by atoms with E-state index in [1.807, 2.05) is 29.2 Å². The van der Waals surface area contributed by atoms with E-state index in [0.29, 0.717) is 45.0 Å².